The summed E-state index contributed by atoms with van der Waals surface area (Å²) in [6.45, 7) is 7.27. The number of hydrogen-bond donors (Lipinski definition) is 1. The second-order valence-corrected chi connectivity index (χ2v) is 7.55. The maximum absolute atomic E-state index is 12.1. The second-order valence-electron chi connectivity index (χ2n) is 5.67. The average Bonchev–Trinajstić information content (AvgIpc) is 3.05. The summed E-state index contributed by atoms with van der Waals surface area (Å²) < 4.78 is 39.8. The topological polar surface area (TPSA) is 82.5 Å². The predicted molar refractivity (Wildman–Crippen MR) is 83.0 cm³/mol. The summed E-state index contributed by atoms with van der Waals surface area (Å²) in [7, 11) is -3.38. The van der Waals surface area contributed by atoms with Crippen LogP contribution in [0, 0.1) is 0 Å². The van der Waals surface area contributed by atoms with Gasteiger partial charge in [-0.3, -0.25) is 4.68 Å². The number of aryl methyl sites for hydroxylation is 1. The van der Waals surface area contributed by atoms with Gasteiger partial charge in [0.05, 0.1) is 30.7 Å². The van der Waals surface area contributed by atoms with Crippen LogP contribution in [0.2, 0.25) is 0 Å². The Kier molecular flexibility index (Phi) is 5.96. The van der Waals surface area contributed by atoms with Crippen LogP contribution in [0.4, 0.5) is 0 Å². The third-order valence-electron chi connectivity index (χ3n) is 3.53. The Morgan fingerprint density at radius 1 is 1.55 bits per heavy atom. The number of nitrogens with one attached hydrogen (secondary N) is 1. The van der Waals surface area contributed by atoms with Gasteiger partial charge in [0.1, 0.15) is 6.10 Å². The van der Waals surface area contributed by atoms with Crippen molar-refractivity contribution in [2.24, 2.45) is 0 Å². The van der Waals surface area contributed by atoms with Crippen LogP contribution in [0.1, 0.15) is 38.9 Å². The molecular weight excluding hydrogens is 306 g/mol. The Bertz CT molecular complexity index is 570. The van der Waals surface area contributed by atoms with E-state index in [0.717, 1.165) is 12.1 Å². The Labute approximate surface area is 132 Å². The average molecular weight is 331 g/mol. The Hall–Kier alpha value is -0.960. The van der Waals surface area contributed by atoms with Crippen LogP contribution in [0.25, 0.3) is 0 Å². The van der Waals surface area contributed by atoms with Crippen LogP contribution in [0.15, 0.2) is 12.4 Å². The summed E-state index contributed by atoms with van der Waals surface area (Å²) in [5.41, 5.74) is 0.908. The monoisotopic (exact) mass is 331 g/mol. The van der Waals surface area contributed by atoms with Gasteiger partial charge >= 0.3 is 0 Å². The first-order valence-electron chi connectivity index (χ1n) is 7.67. The Morgan fingerprint density at radius 3 is 2.95 bits per heavy atom. The van der Waals surface area contributed by atoms with Gasteiger partial charge < -0.3 is 9.47 Å². The number of aromatic nitrogens is 2. The van der Waals surface area contributed by atoms with Crippen molar-refractivity contribution >= 4 is 10.0 Å². The molecule has 1 aliphatic rings. The Balaban J connectivity index is 1.95. The largest absolute Gasteiger partial charge is 0.378 e. The minimum absolute atomic E-state index is 0.0256. The normalized spacial score (nSPS) is 22.5. The second kappa shape index (κ2) is 7.54. The first kappa shape index (κ1) is 17.4. The lowest BCUT2D eigenvalue weighted by Crippen LogP contribution is -2.39. The molecule has 0 radical (unpaired) electrons. The molecule has 1 aromatic rings. The van der Waals surface area contributed by atoms with E-state index in [2.05, 4.69) is 9.82 Å². The fraction of sp³-hybridized carbons (Fsp3) is 0.786. The van der Waals surface area contributed by atoms with Crippen molar-refractivity contribution in [3.8, 4) is 0 Å². The van der Waals surface area contributed by atoms with Crippen LogP contribution in [0.3, 0.4) is 0 Å². The molecule has 1 aromatic heterocycles. The van der Waals surface area contributed by atoms with Gasteiger partial charge in [-0.05, 0) is 27.2 Å². The molecule has 1 fully saturated rings. The molecule has 0 bridgehead atoms. The molecule has 0 aromatic carbocycles. The molecule has 0 aliphatic carbocycles. The van der Waals surface area contributed by atoms with E-state index < -0.39 is 10.0 Å². The van der Waals surface area contributed by atoms with E-state index >= 15 is 0 Å². The molecule has 2 heterocycles. The molecule has 2 atom stereocenters. The van der Waals surface area contributed by atoms with Gasteiger partial charge in [-0.2, -0.15) is 5.10 Å². The standard InChI is InChI=1S/C14H25N3O4S/c1-4-17-10-12(9-15-17)14-13(5-6-21-14)16-22(18,19)8-7-20-11(2)3/h9-11,13-14,16H,4-8H2,1-3H3/t13-,14+/m0/s1. The van der Waals surface area contributed by atoms with Crippen LogP contribution >= 0.6 is 0 Å². The quantitative estimate of drug-likeness (QED) is 0.771. The zero-order valence-corrected chi connectivity index (χ0v) is 14.2. The van der Waals surface area contributed by atoms with Gasteiger partial charge in [0, 0.05) is 24.9 Å². The molecule has 1 aliphatic heterocycles. The van der Waals surface area contributed by atoms with Gasteiger partial charge in [-0.25, -0.2) is 13.1 Å². The summed E-state index contributed by atoms with van der Waals surface area (Å²) in [6.07, 6.45) is 4.05. The van der Waals surface area contributed by atoms with Crippen LogP contribution in [-0.2, 0) is 26.0 Å². The molecule has 0 amide bonds. The fourth-order valence-electron chi connectivity index (χ4n) is 2.42. The van der Waals surface area contributed by atoms with Crippen molar-refractivity contribution in [1.82, 2.24) is 14.5 Å². The van der Waals surface area contributed by atoms with Crippen molar-refractivity contribution in [2.45, 2.75) is 52.0 Å². The van der Waals surface area contributed by atoms with Crippen LogP contribution < -0.4 is 4.72 Å². The Morgan fingerprint density at radius 2 is 2.32 bits per heavy atom. The van der Waals surface area contributed by atoms with Crippen molar-refractivity contribution in [3.05, 3.63) is 18.0 Å². The maximum atomic E-state index is 12.1. The molecular formula is C14H25N3O4S. The summed E-state index contributed by atoms with van der Waals surface area (Å²) in [5.74, 6) is -0.0391. The lowest BCUT2D eigenvalue weighted by Gasteiger charge is -2.19. The fourth-order valence-corrected chi connectivity index (χ4v) is 3.56. The van der Waals surface area contributed by atoms with Gasteiger partial charge in [0.2, 0.25) is 10.0 Å². The number of nitrogens with zero attached hydrogens (tertiary/aromatic N) is 2. The third kappa shape index (κ3) is 4.77. The third-order valence-corrected chi connectivity index (χ3v) is 4.90. The highest BCUT2D eigenvalue weighted by molar-refractivity contribution is 7.89. The van der Waals surface area contributed by atoms with E-state index in [0.29, 0.717) is 13.0 Å². The molecule has 126 valence electrons. The zero-order valence-electron chi connectivity index (χ0n) is 13.4. The van der Waals surface area contributed by atoms with Crippen LogP contribution in [-0.4, -0.2) is 49.3 Å². The lowest BCUT2D eigenvalue weighted by atomic mass is 10.1. The summed E-state index contributed by atoms with van der Waals surface area (Å²) in [4.78, 5) is 0. The van der Waals surface area contributed by atoms with E-state index in [1.807, 2.05) is 27.0 Å². The molecule has 0 saturated carbocycles. The van der Waals surface area contributed by atoms with Crippen molar-refractivity contribution in [2.75, 3.05) is 19.0 Å². The molecule has 22 heavy (non-hydrogen) atoms. The van der Waals surface area contributed by atoms with Gasteiger partial charge in [0.25, 0.3) is 0 Å². The molecule has 1 saturated heterocycles. The smallest absolute Gasteiger partial charge is 0.214 e. The van der Waals surface area contributed by atoms with Gasteiger partial charge in [-0.15, -0.1) is 0 Å². The van der Waals surface area contributed by atoms with Crippen LogP contribution in [0.5, 0.6) is 0 Å². The SMILES string of the molecule is CCn1cc([C@H]2OCC[C@@H]2NS(=O)(=O)CCOC(C)C)cn1. The van der Waals surface area contributed by atoms with Gasteiger partial charge in [-0.1, -0.05) is 0 Å². The summed E-state index contributed by atoms with van der Waals surface area (Å²) in [6, 6.07) is -0.251. The number of hydrogen-bond acceptors (Lipinski definition) is 5. The zero-order chi connectivity index (χ0) is 16.2. The van der Waals surface area contributed by atoms with E-state index in [-0.39, 0.29) is 30.6 Å². The minimum atomic E-state index is -3.38. The first-order chi connectivity index (χ1) is 10.4. The lowest BCUT2D eigenvalue weighted by molar-refractivity contribution is 0.0906. The molecule has 2 rings (SSSR count). The van der Waals surface area contributed by atoms with Gasteiger partial charge in [0.15, 0.2) is 0 Å². The van der Waals surface area contributed by atoms with E-state index in [4.69, 9.17) is 9.47 Å². The highest BCUT2D eigenvalue weighted by Crippen LogP contribution is 2.29. The molecule has 0 spiro atoms. The molecule has 0 unspecified atom stereocenters. The molecule has 7 nitrogen and oxygen atoms in total. The molecule has 8 heteroatoms. The summed E-state index contributed by atoms with van der Waals surface area (Å²) in [5, 5.41) is 4.22. The van der Waals surface area contributed by atoms with E-state index in [1.54, 1.807) is 10.9 Å². The predicted octanol–water partition coefficient (Wildman–Crippen LogP) is 1.08. The number of sulfonamides is 1. The highest BCUT2D eigenvalue weighted by Gasteiger charge is 2.33. The minimum Gasteiger partial charge on any atom is -0.378 e. The maximum Gasteiger partial charge on any atom is 0.214 e. The van der Waals surface area contributed by atoms with Crippen molar-refractivity contribution < 1.29 is 17.9 Å². The summed E-state index contributed by atoms with van der Waals surface area (Å²) >= 11 is 0. The van der Waals surface area contributed by atoms with Crippen molar-refractivity contribution in [1.29, 1.82) is 0 Å². The van der Waals surface area contributed by atoms with Crippen molar-refractivity contribution in [3.63, 3.8) is 0 Å². The first-order valence-corrected chi connectivity index (χ1v) is 9.32. The number of rotatable bonds is 8. The van der Waals surface area contributed by atoms with E-state index in [1.165, 1.54) is 0 Å². The number of ether oxygens (including phenoxy) is 2. The molecule has 1 N–H and O–H groups in total. The highest BCUT2D eigenvalue weighted by atomic mass is 32.2. The van der Waals surface area contributed by atoms with E-state index in [9.17, 15) is 8.42 Å².